The number of ether oxygens (including phenoxy) is 1. The fourth-order valence-electron chi connectivity index (χ4n) is 3.16. The maximum absolute atomic E-state index is 12.4. The van der Waals surface area contributed by atoms with Crippen LogP contribution in [0.2, 0.25) is 0 Å². The van der Waals surface area contributed by atoms with Crippen LogP contribution in [0.5, 0.6) is 0 Å². The van der Waals surface area contributed by atoms with Gasteiger partial charge in [0.05, 0.1) is 18.8 Å². The van der Waals surface area contributed by atoms with Crippen LogP contribution in [-0.2, 0) is 9.53 Å². The van der Waals surface area contributed by atoms with Gasteiger partial charge in [0, 0.05) is 32.4 Å². The van der Waals surface area contributed by atoms with E-state index in [4.69, 9.17) is 4.74 Å². The van der Waals surface area contributed by atoms with Crippen molar-refractivity contribution in [3.63, 3.8) is 0 Å². The number of hydrogen-bond donors (Lipinski definition) is 1. The number of amides is 1. The van der Waals surface area contributed by atoms with Crippen molar-refractivity contribution in [3.05, 3.63) is 48.3 Å². The Kier molecular flexibility index (Phi) is 6.73. The van der Waals surface area contributed by atoms with Gasteiger partial charge in [-0.3, -0.25) is 9.69 Å². The standard InChI is InChI=1S/C20H27N5O2/c1-3-25(4-2)20(26)15-24-12-13-27-17(14-24)16-8-7-10-19(22-16)23-18-9-5-6-11-21-18/h5-11,17H,3-4,12-15H2,1-2H3,(H,21,22,23)/t17-/m1/s1. The van der Waals surface area contributed by atoms with Gasteiger partial charge in [-0.1, -0.05) is 12.1 Å². The van der Waals surface area contributed by atoms with Crippen LogP contribution in [0.3, 0.4) is 0 Å². The molecular weight excluding hydrogens is 342 g/mol. The van der Waals surface area contributed by atoms with Crippen LogP contribution >= 0.6 is 0 Å². The van der Waals surface area contributed by atoms with E-state index < -0.39 is 0 Å². The lowest BCUT2D eigenvalue weighted by atomic mass is 10.2. The molecule has 1 atom stereocenters. The lowest BCUT2D eigenvalue weighted by molar-refractivity contribution is -0.134. The van der Waals surface area contributed by atoms with Crippen LogP contribution in [-0.4, -0.2) is 65.0 Å². The highest BCUT2D eigenvalue weighted by Gasteiger charge is 2.25. The first-order valence-corrected chi connectivity index (χ1v) is 9.46. The van der Waals surface area contributed by atoms with Crippen LogP contribution in [0.4, 0.5) is 11.6 Å². The van der Waals surface area contributed by atoms with Gasteiger partial charge in [0.25, 0.3) is 0 Å². The summed E-state index contributed by atoms with van der Waals surface area (Å²) in [6.07, 6.45) is 1.59. The molecule has 0 aliphatic carbocycles. The molecule has 0 spiro atoms. The Labute approximate surface area is 160 Å². The molecule has 1 fully saturated rings. The molecule has 3 heterocycles. The highest BCUT2D eigenvalue weighted by Crippen LogP contribution is 2.22. The summed E-state index contributed by atoms with van der Waals surface area (Å²) < 4.78 is 5.92. The van der Waals surface area contributed by atoms with Crippen LogP contribution in [0.25, 0.3) is 0 Å². The fourth-order valence-corrected chi connectivity index (χ4v) is 3.16. The second-order valence-electron chi connectivity index (χ2n) is 6.45. The number of carbonyl (C=O) groups is 1. The van der Waals surface area contributed by atoms with Gasteiger partial charge in [-0.15, -0.1) is 0 Å². The lowest BCUT2D eigenvalue weighted by Gasteiger charge is -2.33. The predicted octanol–water partition coefficient (Wildman–Crippen LogP) is 2.46. The Morgan fingerprint density at radius 3 is 2.78 bits per heavy atom. The van der Waals surface area contributed by atoms with E-state index >= 15 is 0 Å². The summed E-state index contributed by atoms with van der Waals surface area (Å²) in [4.78, 5) is 25.3. The number of morpholine rings is 1. The van der Waals surface area contributed by atoms with Crippen LogP contribution in [0, 0.1) is 0 Å². The summed E-state index contributed by atoms with van der Waals surface area (Å²) >= 11 is 0. The number of aromatic nitrogens is 2. The van der Waals surface area contributed by atoms with Crippen molar-refractivity contribution in [2.75, 3.05) is 44.6 Å². The minimum atomic E-state index is -0.145. The molecule has 1 aliphatic rings. The van der Waals surface area contributed by atoms with Crippen molar-refractivity contribution in [3.8, 4) is 0 Å². The molecule has 0 unspecified atom stereocenters. The summed E-state index contributed by atoms with van der Waals surface area (Å²) in [7, 11) is 0. The van der Waals surface area contributed by atoms with Gasteiger partial charge in [0.1, 0.15) is 17.7 Å². The Hall–Kier alpha value is -2.51. The van der Waals surface area contributed by atoms with E-state index in [0.29, 0.717) is 19.7 Å². The molecule has 2 aromatic heterocycles. The number of likely N-dealkylation sites (N-methyl/N-ethyl adjacent to an activating group) is 1. The summed E-state index contributed by atoms with van der Waals surface area (Å²) in [5.74, 6) is 1.64. The fraction of sp³-hybridized carbons (Fsp3) is 0.450. The molecule has 144 valence electrons. The first-order valence-electron chi connectivity index (χ1n) is 9.46. The number of pyridine rings is 2. The van der Waals surface area contributed by atoms with Gasteiger partial charge < -0.3 is 15.0 Å². The maximum Gasteiger partial charge on any atom is 0.236 e. The number of anilines is 2. The summed E-state index contributed by atoms with van der Waals surface area (Å²) in [5, 5.41) is 3.20. The molecule has 0 aromatic carbocycles. The lowest BCUT2D eigenvalue weighted by Crippen LogP contribution is -2.45. The van der Waals surface area contributed by atoms with E-state index in [-0.39, 0.29) is 12.0 Å². The number of carbonyl (C=O) groups excluding carboxylic acids is 1. The zero-order valence-corrected chi connectivity index (χ0v) is 16.0. The monoisotopic (exact) mass is 369 g/mol. The van der Waals surface area contributed by atoms with Crippen molar-refractivity contribution in [2.24, 2.45) is 0 Å². The van der Waals surface area contributed by atoms with Gasteiger partial charge in [-0.05, 0) is 38.1 Å². The summed E-state index contributed by atoms with van der Waals surface area (Å²) in [5.41, 5.74) is 0.857. The number of nitrogens with zero attached hydrogens (tertiary/aromatic N) is 4. The third kappa shape index (κ3) is 5.24. The second kappa shape index (κ2) is 9.43. The molecule has 0 bridgehead atoms. The molecule has 0 radical (unpaired) electrons. The zero-order chi connectivity index (χ0) is 19.1. The smallest absolute Gasteiger partial charge is 0.236 e. The minimum absolute atomic E-state index is 0.145. The van der Waals surface area contributed by atoms with Gasteiger partial charge in [0.15, 0.2) is 0 Å². The van der Waals surface area contributed by atoms with Crippen molar-refractivity contribution < 1.29 is 9.53 Å². The van der Waals surface area contributed by atoms with Gasteiger partial charge >= 0.3 is 0 Å². The number of hydrogen-bond acceptors (Lipinski definition) is 6. The first kappa shape index (κ1) is 19.3. The molecule has 1 N–H and O–H groups in total. The Morgan fingerprint density at radius 2 is 2.04 bits per heavy atom. The van der Waals surface area contributed by atoms with Gasteiger partial charge in [-0.2, -0.15) is 0 Å². The minimum Gasteiger partial charge on any atom is -0.369 e. The molecule has 27 heavy (non-hydrogen) atoms. The predicted molar refractivity (Wildman–Crippen MR) is 105 cm³/mol. The molecule has 2 aromatic rings. The molecule has 1 amide bonds. The third-order valence-corrected chi connectivity index (χ3v) is 4.65. The first-order chi connectivity index (χ1) is 13.2. The van der Waals surface area contributed by atoms with E-state index in [1.807, 2.05) is 55.1 Å². The average Bonchev–Trinajstić information content (AvgIpc) is 2.70. The van der Waals surface area contributed by atoms with Crippen LogP contribution in [0.15, 0.2) is 42.6 Å². The van der Waals surface area contributed by atoms with Crippen molar-refractivity contribution in [2.45, 2.75) is 20.0 Å². The van der Waals surface area contributed by atoms with Crippen molar-refractivity contribution >= 4 is 17.5 Å². The Bertz CT molecular complexity index is 736. The molecule has 0 saturated carbocycles. The largest absolute Gasteiger partial charge is 0.369 e. The van der Waals surface area contributed by atoms with E-state index in [9.17, 15) is 4.79 Å². The second-order valence-corrected chi connectivity index (χ2v) is 6.45. The number of nitrogens with one attached hydrogen (secondary N) is 1. The molecule has 3 rings (SSSR count). The van der Waals surface area contributed by atoms with Crippen molar-refractivity contribution in [1.82, 2.24) is 19.8 Å². The maximum atomic E-state index is 12.4. The van der Waals surface area contributed by atoms with E-state index in [1.54, 1.807) is 6.20 Å². The third-order valence-electron chi connectivity index (χ3n) is 4.65. The van der Waals surface area contributed by atoms with Crippen molar-refractivity contribution in [1.29, 1.82) is 0 Å². The highest BCUT2D eigenvalue weighted by atomic mass is 16.5. The molecular formula is C20H27N5O2. The topological polar surface area (TPSA) is 70.6 Å². The van der Waals surface area contributed by atoms with E-state index in [2.05, 4.69) is 20.2 Å². The quantitative estimate of drug-likeness (QED) is 0.808. The molecule has 7 nitrogen and oxygen atoms in total. The zero-order valence-electron chi connectivity index (χ0n) is 16.0. The van der Waals surface area contributed by atoms with Gasteiger partial charge in [0.2, 0.25) is 5.91 Å². The normalized spacial score (nSPS) is 17.5. The average molecular weight is 369 g/mol. The summed E-state index contributed by atoms with van der Waals surface area (Å²) in [6, 6.07) is 11.5. The molecule has 1 aliphatic heterocycles. The summed E-state index contributed by atoms with van der Waals surface area (Å²) in [6.45, 7) is 7.93. The SMILES string of the molecule is CCN(CC)C(=O)CN1CCO[C@@H](c2cccc(Nc3ccccn3)n2)C1. The Balaban J connectivity index is 1.64. The van der Waals surface area contributed by atoms with E-state index in [0.717, 1.165) is 37.0 Å². The van der Waals surface area contributed by atoms with Crippen LogP contribution in [0.1, 0.15) is 25.6 Å². The molecule has 7 heteroatoms. The molecule has 1 saturated heterocycles. The van der Waals surface area contributed by atoms with Crippen LogP contribution < -0.4 is 5.32 Å². The van der Waals surface area contributed by atoms with E-state index in [1.165, 1.54) is 0 Å². The highest BCUT2D eigenvalue weighted by molar-refractivity contribution is 5.78. The van der Waals surface area contributed by atoms with Gasteiger partial charge in [-0.25, -0.2) is 9.97 Å². The Morgan fingerprint density at radius 1 is 1.22 bits per heavy atom. The number of rotatable bonds is 7.